The van der Waals surface area contributed by atoms with Gasteiger partial charge in [0.2, 0.25) is 5.88 Å². The molecule has 0 spiro atoms. The summed E-state index contributed by atoms with van der Waals surface area (Å²) in [6.07, 6.45) is 1.65. The molecule has 0 bridgehead atoms. The van der Waals surface area contributed by atoms with Crippen LogP contribution in [-0.2, 0) is 13.6 Å². The van der Waals surface area contributed by atoms with Gasteiger partial charge in [0.25, 0.3) is 5.56 Å². The second-order valence-corrected chi connectivity index (χ2v) is 6.45. The molecule has 0 aliphatic rings. The van der Waals surface area contributed by atoms with Gasteiger partial charge in [0.05, 0.1) is 29.4 Å². The molecule has 0 saturated heterocycles. The van der Waals surface area contributed by atoms with Gasteiger partial charge < -0.3 is 9.84 Å². The fourth-order valence-electron chi connectivity index (χ4n) is 2.99. The van der Waals surface area contributed by atoms with E-state index >= 15 is 0 Å². The predicted octanol–water partition coefficient (Wildman–Crippen LogP) is 3.43. The quantitative estimate of drug-likeness (QED) is 0.670. The van der Waals surface area contributed by atoms with E-state index in [0.29, 0.717) is 29.2 Å². The number of aromatic hydroxyl groups is 1. The Kier molecular flexibility index (Phi) is 5.76. The lowest BCUT2D eigenvalue weighted by Crippen LogP contribution is -2.23. The van der Waals surface area contributed by atoms with E-state index in [-0.39, 0.29) is 28.6 Å². The number of ether oxygens (including phenoxy) is 1. The van der Waals surface area contributed by atoms with Crippen LogP contribution >= 0.6 is 11.6 Å². The first-order valence-corrected chi connectivity index (χ1v) is 9.13. The molecule has 144 valence electrons. The average Bonchev–Trinajstić information content (AvgIpc) is 2.87. The smallest absolute Gasteiger partial charge is 0.279 e. The minimum absolute atomic E-state index is 0.0860. The summed E-state index contributed by atoms with van der Waals surface area (Å²) in [5.74, 6) is 5.95. The summed E-state index contributed by atoms with van der Waals surface area (Å²) in [6, 6.07) is 8.83. The van der Waals surface area contributed by atoms with Gasteiger partial charge in [-0.1, -0.05) is 23.6 Å². The van der Waals surface area contributed by atoms with Gasteiger partial charge in [-0.25, -0.2) is 4.68 Å². The van der Waals surface area contributed by atoms with Crippen LogP contribution in [0.3, 0.4) is 0 Å². The molecule has 0 aliphatic carbocycles. The minimum atomic E-state index is -0.386. The zero-order valence-corrected chi connectivity index (χ0v) is 16.6. The zero-order valence-electron chi connectivity index (χ0n) is 15.9. The summed E-state index contributed by atoms with van der Waals surface area (Å²) < 4.78 is 8.49. The Balaban J connectivity index is 2.20. The highest BCUT2D eigenvalue weighted by molar-refractivity contribution is 6.34. The lowest BCUT2D eigenvalue weighted by atomic mass is 10.0. The Morgan fingerprint density at radius 1 is 1.29 bits per heavy atom. The third-order valence-corrected chi connectivity index (χ3v) is 4.55. The molecule has 0 radical (unpaired) electrons. The van der Waals surface area contributed by atoms with Gasteiger partial charge in [0.15, 0.2) is 0 Å². The van der Waals surface area contributed by atoms with Crippen LogP contribution in [-0.4, -0.2) is 26.1 Å². The maximum absolute atomic E-state index is 13.1. The van der Waals surface area contributed by atoms with Crippen molar-refractivity contribution in [1.82, 2.24) is 14.3 Å². The van der Waals surface area contributed by atoms with Crippen molar-refractivity contribution in [2.75, 3.05) is 6.61 Å². The van der Waals surface area contributed by atoms with Crippen molar-refractivity contribution in [2.45, 2.75) is 20.4 Å². The van der Waals surface area contributed by atoms with Crippen LogP contribution in [0.25, 0.3) is 11.1 Å². The highest BCUT2D eigenvalue weighted by Gasteiger charge is 2.25. The number of hydrogen-bond acceptors (Lipinski definition) is 4. The Morgan fingerprint density at radius 3 is 2.71 bits per heavy atom. The van der Waals surface area contributed by atoms with E-state index in [1.807, 2.05) is 19.1 Å². The maximum atomic E-state index is 13.1. The summed E-state index contributed by atoms with van der Waals surface area (Å²) in [4.78, 5) is 17.4. The molecule has 0 aliphatic heterocycles. The predicted molar refractivity (Wildman–Crippen MR) is 109 cm³/mol. The Hall–Kier alpha value is -3.17. The summed E-state index contributed by atoms with van der Waals surface area (Å²) in [6.45, 7) is 4.15. The number of hydrogen-bond donors (Lipinski definition) is 1. The third-order valence-electron chi connectivity index (χ3n) is 4.25. The van der Waals surface area contributed by atoms with Gasteiger partial charge in [0, 0.05) is 18.8 Å². The normalized spacial score (nSPS) is 10.4. The number of nitrogens with zero attached hydrogens (tertiary/aromatic N) is 3. The summed E-state index contributed by atoms with van der Waals surface area (Å²) >= 11 is 6.48. The monoisotopic (exact) mass is 397 g/mol. The fraction of sp³-hybridized carbons (Fsp3) is 0.238. The Labute approximate surface area is 168 Å². The summed E-state index contributed by atoms with van der Waals surface area (Å²) in [7, 11) is 1.61. The first kappa shape index (κ1) is 19.6. The van der Waals surface area contributed by atoms with Gasteiger partial charge in [-0.15, -0.1) is 5.92 Å². The van der Waals surface area contributed by atoms with Gasteiger partial charge in [0.1, 0.15) is 11.3 Å². The first-order chi connectivity index (χ1) is 13.5. The van der Waals surface area contributed by atoms with Crippen molar-refractivity contribution in [3.8, 4) is 34.6 Å². The van der Waals surface area contributed by atoms with Crippen LogP contribution in [0, 0.1) is 11.8 Å². The highest BCUT2D eigenvalue weighted by atomic mass is 35.5. The number of pyridine rings is 1. The van der Waals surface area contributed by atoms with E-state index < -0.39 is 0 Å². The van der Waals surface area contributed by atoms with Gasteiger partial charge in [-0.2, -0.15) is 0 Å². The van der Waals surface area contributed by atoms with E-state index in [0.717, 1.165) is 0 Å². The SMILES string of the molecule is CC#Cc1cc(Cl)c(-c2c(O)n(C)n(Cc3ccccn3)c2=O)c(OCC)c1. The van der Waals surface area contributed by atoms with Gasteiger partial charge in [-0.05, 0) is 38.1 Å². The molecular weight excluding hydrogens is 378 g/mol. The van der Waals surface area contributed by atoms with E-state index in [1.165, 1.54) is 9.36 Å². The molecule has 2 aromatic heterocycles. The molecule has 28 heavy (non-hydrogen) atoms. The molecule has 3 aromatic rings. The minimum Gasteiger partial charge on any atom is -0.493 e. The van der Waals surface area contributed by atoms with Crippen molar-refractivity contribution in [2.24, 2.45) is 7.05 Å². The molecule has 0 saturated carbocycles. The van der Waals surface area contributed by atoms with Crippen molar-refractivity contribution in [3.63, 3.8) is 0 Å². The average molecular weight is 398 g/mol. The van der Waals surface area contributed by atoms with Crippen molar-refractivity contribution in [3.05, 3.63) is 63.2 Å². The van der Waals surface area contributed by atoms with Crippen LogP contribution < -0.4 is 10.3 Å². The molecule has 3 rings (SSSR count). The van der Waals surface area contributed by atoms with E-state index in [9.17, 15) is 9.90 Å². The lowest BCUT2D eigenvalue weighted by molar-refractivity contribution is 0.341. The first-order valence-electron chi connectivity index (χ1n) is 8.76. The summed E-state index contributed by atoms with van der Waals surface area (Å²) in [5, 5.41) is 11.0. The fourth-order valence-corrected chi connectivity index (χ4v) is 3.29. The van der Waals surface area contributed by atoms with Crippen molar-refractivity contribution in [1.29, 1.82) is 0 Å². The number of aromatic nitrogens is 3. The largest absolute Gasteiger partial charge is 0.493 e. The molecule has 0 unspecified atom stereocenters. The zero-order chi connectivity index (χ0) is 20.3. The van der Waals surface area contributed by atoms with Crippen molar-refractivity contribution < 1.29 is 9.84 Å². The molecular formula is C21H20ClN3O3. The third kappa shape index (κ3) is 3.62. The van der Waals surface area contributed by atoms with E-state index in [4.69, 9.17) is 16.3 Å². The second-order valence-electron chi connectivity index (χ2n) is 6.05. The molecule has 6 nitrogen and oxygen atoms in total. The van der Waals surface area contributed by atoms with Crippen LogP contribution in [0.2, 0.25) is 5.02 Å². The van der Waals surface area contributed by atoms with Crippen molar-refractivity contribution >= 4 is 11.6 Å². The topological polar surface area (TPSA) is 69.3 Å². The Morgan fingerprint density at radius 2 is 2.07 bits per heavy atom. The van der Waals surface area contributed by atoms with Crippen LogP contribution in [0.5, 0.6) is 11.6 Å². The molecule has 0 amide bonds. The van der Waals surface area contributed by atoms with Crippen LogP contribution in [0.15, 0.2) is 41.3 Å². The maximum Gasteiger partial charge on any atom is 0.279 e. The molecule has 1 N–H and O–H groups in total. The van der Waals surface area contributed by atoms with Crippen LogP contribution in [0.4, 0.5) is 0 Å². The Bertz CT molecular complexity index is 1120. The molecule has 2 heterocycles. The van der Waals surface area contributed by atoms with E-state index in [1.54, 1.807) is 38.4 Å². The standard InChI is InChI=1S/C21H20ClN3O3/c1-4-8-14-11-16(22)18(17(12-14)28-5-2)19-20(26)24(3)25(21(19)27)13-15-9-6-7-10-23-15/h6-7,9-12,26H,5,13H2,1-3H3. The van der Waals surface area contributed by atoms with E-state index in [2.05, 4.69) is 16.8 Å². The highest BCUT2D eigenvalue weighted by Crippen LogP contribution is 2.40. The molecule has 7 heteroatoms. The number of benzene rings is 1. The molecule has 1 aromatic carbocycles. The molecule has 0 fully saturated rings. The second kappa shape index (κ2) is 8.24. The van der Waals surface area contributed by atoms with Crippen LogP contribution in [0.1, 0.15) is 25.1 Å². The van der Waals surface area contributed by atoms with Gasteiger partial charge in [-0.3, -0.25) is 14.5 Å². The summed E-state index contributed by atoms with van der Waals surface area (Å²) in [5.41, 5.74) is 1.42. The number of rotatable bonds is 5. The number of halogens is 1. The molecule has 0 atom stereocenters. The lowest BCUT2D eigenvalue weighted by Gasteiger charge is -2.11. The van der Waals surface area contributed by atoms with Gasteiger partial charge >= 0.3 is 0 Å².